The number of hydrogen-bond acceptors (Lipinski definition) is 3. The quantitative estimate of drug-likeness (QED) is 0.696. The Hall–Kier alpha value is -2.24. The van der Waals surface area contributed by atoms with E-state index >= 15 is 0 Å². The number of rotatable bonds is 8. The molecule has 0 aromatic heterocycles. The van der Waals surface area contributed by atoms with Crippen molar-refractivity contribution in [2.45, 2.75) is 32.9 Å². The van der Waals surface area contributed by atoms with Gasteiger partial charge in [-0.1, -0.05) is 41.4 Å². The minimum Gasteiger partial charge on any atom is -0.497 e. The van der Waals surface area contributed by atoms with Crippen molar-refractivity contribution in [2.24, 2.45) is 0 Å². The summed E-state index contributed by atoms with van der Waals surface area (Å²) in [7, 11) is 1.59. The Bertz CT molecular complexity index is 805. The molecular weight excluding hydrogens is 399 g/mol. The van der Waals surface area contributed by atoms with Crippen LogP contribution >= 0.6 is 23.2 Å². The van der Waals surface area contributed by atoms with E-state index in [1.54, 1.807) is 32.2 Å². The average Bonchev–Trinajstić information content (AvgIpc) is 2.69. The number of benzene rings is 2. The molecule has 150 valence electrons. The Kier molecular flexibility index (Phi) is 8.15. The number of nitrogens with one attached hydrogen (secondary N) is 1. The van der Waals surface area contributed by atoms with Gasteiger partial charge in [-0.2, -0.15) is 0 Å². The summed E-state index contributed by atoms with van der Waals surface area (Å²) in [5.41, 5.74) is 1.44. The van der Waals surface area contributed by atoms with E-state index in [1.807, 2.05) is 31.2 Å². The number of halogens is 2. The minimum absolute atomic E-state index is 0.0123. The molecule has 0 spiro atoms. The summed E-state index contributed by atoms with van der Waals surface area (Å²) in [5.74, 6) is 0.278. The Morgan fingerprint density at radius 3 is 2.25 bits per heavy atom. The molecule has 1 N–H and O–H groups in total. The number of nitrogens with zero attached hydrogens (tertiary/aromatic N) is 1. The van der Waals surface area contributed by atoms with Crippen molar-refractivity contribution in [1.29, 1.82) is 0 Å². The highest BCUT2D eigenvalue weighted by Gasteiger charge is 2.26. The number of likely N-dealkylation sites (N-methyl/N-ethyl adjacent to an activating group) is 1. The summed E-state index contributed by atoms with van der Waals surface area (Å²) < 4.78 is 5.17. The summed E-state index contributed by atoms with van der Waals surface area (Å²) in [6, 6.07) is 11.8. The molecule has 0 radical (unpaired) electrons. The average molecular weight is 423 g/mol. The van der Waals surface area contributed by atoms with Crippen molar-refractivity contribution in [3.8, 4) is 5.75 Å². The van der Waals surface area contributed by atoms with Gasteiger partial charge in [0.15, 0.2) is 0 Å². The van der Waals surface area contributed by atoms with E-state index in [9.17, 15) is 9.59 Å². The second-order valence-electron chi connectivity index (χ2n) is 6.32. The lowest BCUT2D eigenvalue weighted by Gasteiger charge is -2.29. The van der Waals surface area contributed by atoms with E-state index in [0.717, 1.165) is 11.3 Å². The Balaban J connectivity index is 2.27. The highest BCUT2D eigenvalue weighted by molar-refractivity contribution is 6.36. The van der Waals surface area contributed by atoms with Crippen LogP contribution in [-0.4, -0.2) is 36.4 Å². The fourth-order valence-corrected chi connectivity index (χ4v) is 3.32. The fraction of sp³-hybridized carbons (Fsp3) is 0.333. The minimum atomic E-state index is -0.643. The maximum atomic E-state index is 13.1. The standard InChI is InChI=1S/C21H24Cl2N2O3/c1-4-24-21(27)14(2)25(13-15-8-10-16(28-3)11-9-15)20(26)12-17-18(22)6-5-7-19(17)23/h5-11,14H,4,12-13H2,1-3H3,(H,24,27)/t14-/m0/s1. The lowest BCUT2D eigenvalue weighted by molar-refractivity contribution is -0.140. The van der Waals surface area contributed by atoms with Gasteiger partial charge in [0.25, 0.3) is 0 Å². The molecule has 0 aliphatic carbocycles. The predicted octanol–water partition coefficient (Wildman–Crippen LogP) is 4.10. The zero-order chi connectivity index (χ0) is 20.7. The number of methoxy groups -OCH3 is 1. The van der Waals surface area contributed by atoms with Crippen LogP contribution in [0, 0.1) is 0 Å². The van der Waals surface area contributed by atoms with Gasteiger partial charge in [0.2, 0.25) is 11.8 Å². The van der Waals surface area contributed by atoms with Crippen LogP contribution in [0.1, 0.15) is 25.0 Å². The molecule has 2 amide bonds. The highest BCUT2D eigenvalue weighted by atomic mass is 35.5. The first-order chi connectivity index (χ1) is 13.4. The van der Waals surface area contributed by atoms with Crippen molar-refractivity contribution >= 4 is 35.0 Å². The molecule has 28 heavy (non-hydrogen) atoms. The van der Waals surface area contributed by atoms with Crippen LogP contribution in [0.25, 0.3) is 0 Å². The molecule has 2 aromatic carbocycles. The van der Waals surface area contributed by atoms with Gasteiger partial charge < -0.3 is 15.0 Å². The number of amides is 2. The molecule has 0 saturated heterocycles. The molecule has 5 nitrogen and oxygen atoms in total. The van der Waals surface area contributed by atoms with E-state index in [4.69, 9.17) is 27.9 Å². The molecule has 0 heterocycles. The molecule has 0 aliphatic heterocycles. The number of ether oxygens (including phenoxy) is 1. The largest absolute Gasteiger partial charge is 0.497 e. The van der Waals surface area contributed by atoms with E-state index in [0.29, 0.717) is 22.2 Å². The maximum absolute atomic E-state index is 13.1. The summed E-state index contributed by atoms with van der Waals surface area (Å²) >= 11 is 12.4. The predicted molar refractivity (Wildman–Crippen MR) is 112 cm³/mol. The van der Waals surface area contributed by atoms with Gasteiger partial charge in [0.05, 0.1) is 13.5 Å². The van der Waals surface area contributed by atoms with Crippen LogP contribution in [0.2, 0.25) is 10.0 Å². The van der Waals surface area contributed by atoms with E-state index in [2.05, 4.69) is 5.32 Å². The Morgan fingerprint density at radius 1 is 1.11 bits per heavy atom. The summed E-state index contributed by atoms with van der Waals surface area (Å²) in [5, 5.41) is 3.62. The van der Waals surface area contributed by atoms with E-state index in [1.165, 1.54) is 4.90 Å². The summed E-state index contributed by atoms with van der Waals surface area (Å²) in [4.78, 5) is 27.0. The van der Waals surface area contributed by atoms with Crippen LogP contribution in [0.3, 0.4) is 0 Å². The van der Waals surface area contributed by atoms with Crippen molar-refractivity contribution < 1.29 is 14.3 Å². The molecule has 0 bridgehead atoms. The lowest BCUT2D eigenvalue weighted by Crippen LogP contribution is -2.48. The smallest absolute Gasteiger partial charge is 0.242 e. The van der Waals surface area contributed by atoms with Crippen LogP contribution in [0.4, 0.5) is 0 Å². The maximum Gasteiger partial charge on any atom is 0.242 e. The van der Waals surface area contributed by atoms with Gasteiger partial charge in [0, 0.05) is 23.1 Å². The molecule has 0 saturated carbocycles. The SMILES string of the molecule is CCNC(=O)[C@H](C)N(Cc1ccc(OC)cc1)C(=O)Cc1c(Cl)cccc1Cl. The molecule has 7 heteroatoms. The highest BCUT2D eigenvalue weighted by Crippen LogP contribution is 2.26. The topological polar surface area (TPSA) is 58.6 Å². The van der Waals surface area contributed by atoms with Crippen molar-refractivity contribution in [1.82, 2.24) is 10.2 Å². The Labute approximate surface area is 175 Å². The van der Waals surface area contributed by atoms with Gasteiger partial charge in [-0.15, -0.1) is 0 Å². The van der Waals surface area contributed by atoms with Gasteiger partial charge in [0.1, 0.15) is 11.8 Å². The Morgan fingerprint density at radius 2 is 1.71 bits per heavy atom. The fourth-order valence-electron chi connectivity index (χ4n) is 2.79. The lowest BCUT2D eigenvalue weighted by atomic mass is 10.1. The zero-order valence-corrected chi connectivity index (χ0v) is 17.7. The van der Waals surface area contributed by atoms with E-state index in [-0.39, 0.29) is 24.8 Å². The number of hydrogen-bond donors (Lipinski definition) is 1. The molecule has 0 aliphatic rings. The number of carbonyl (C=O) groups excluding carboxylic acids is 2. The molecular formula is C21H24Cl2N2O3. The molecule has 0 unspecified atom stereocenters. The van der Waals surface area contributed by atoms with Gasteiger partial charge in [-0.25, -0.2) is 0 Å². The number of carbonyl (C=O) groups is 2. The summed E-state index contributed by atoms with van der Waals surface area (Å²) in [6.07, 6.45) is 0.0123. The normalized spacial score (nSPS) is 11.6. The first-order valence-corrected chi connectivity index (χ1v) is 9.76. The molecule has 2 rings (SSSR count). The van der Waals surface area contributed by atoms with Gasteiger partial charge in [-0.05, 0) is 49.2 Å². The van der Waals surface area contributed by atoms with Crippen LogP contribution in [0.15, 0.2) is 42.5 Å². The second kappa shape index (κ2) is 10.3. The third kappa shape index (κ3) is 5.63. The molecule has 2 aromatic rings. The van der Waals surface area contributed by atoms with Gasteiger partial charge in [-0.3, -0.25) is 9.59 Å². The summed E-state index contributed by atoms with van der Waals surface area (Å²) in [6.45, 7) is 4.32. The monoisotopic (exact) mass is 422 g/mol. The van der Waals surface area contributed by atoms with Gasteiger partial charge >= 0.3 is 0 Å². The second-order valence-corrected chi connectivity index (χ2v) is 7.13. The third-order valence-corrected chi connectivity index (χ3v) is 5.13. The first kappa shape index (κ1) is 22.1. The third-order valence-electron chi connectivity index (χ3n) is 4.42. The molecule has 1 atom stereocenters. The zero-order valence-electron chi connectivity index (χ0n) is 16.2. The van der Waals surface area contributed by atoms with Crippen LogP contribution < -0.4 is 10.1 Å². The van der Waals surface area contributed by atoms with Crippen molar-refractivity contribution in [2.75, 3.05) is 13.7 Å². The molecule has 0 fully saturated rings. The van der Waals surface area contributed by atoms with Crippen LogP contribution in [0.5, 0.6) is 5.75 Å². The van der Waals surface area contributed by atoms with Crippen LogP contribution in [-0.2, 0) is 22.6 Å². The van der Waals surface area contributed by atoms with Crippen molar-refractivity contribution in [3.05, 3.63) is 63.6 Å². The van der Waals surface area contributed by atoms with E-state index < -0.39 is 6.04 Å². The van der Waals surface area contributed by atoms with Crippen molar-refractivity contribution in [3.63, 3.8) is 0 Å². The first-order valence-electron chi connectivity index (χ1n) is 9.00.